The van der Waals surface area contributed by atoms with Crippen molar-refractivity contribution in [3.05, 3.63) is 192 Å². The summed E-state index contributed by atoms with van der Waals surface area (Å²) in [7, 11) is -0.715. The van der Waals surface area contributed by atoms with E-state index >= 15 is 0 Å². The van der Waals surface area contributed by atoms with Crippen molar-refractivity contribution in [2.75, 3.05) is 0 Å². The minimum atomic E-state index is -0.358. The van der Waals surface area contributed by atoms with Gasteiger partial charge in [-0.2, -0.15) is 6.07 Å². The van der Waals surface area contributed by atoms with Crippen LogP contribution in [-0.4, -0.2) is 0 Å². The fourth-order valence-electron chi connectivity index (χ4n) is 4.92. The minimum Gasteiger partial charge on any atom is -0.748 e. The Morgan fingerprint density at radius 2 is 0.756 bits per heavy atom. The van der Waals surface area contributed by atoms with Gasteiger partial charge in [0.1, 0.15) is 0 Å². The van der Waals surface area contributed by atoms with Crippen LogP contribution in [-0.2, 0) is 50.9 Å². The topological polar surface area (TPSA) is 0 Å². The van der Waals surface area contributed by atoms with E-state index in [0.29, 0.717) is 0 Å². The molecule has 0 saturated carbocycles. The van der Waals surface area contributed by atoms with Crippen molar-refractivity contribution < 1.29 is 26.2 Å². The van der Waals surface area contributed by atoms with E-state index in [-0.39, 0.29) is 42.0 Å². The Morgan fingerprint density at radius 3 is 1.12 bits per heavy atom. The van der Waals surface area contributed by atoms with Gasteiger partial charge in [0.25, 0.3) is 0 Å². The molecular formula is C38H36P2Zr-6. The van der Waals surface area contributed by atoms with Crippen molar-refractivity contribution in [1.82, 2.24) is 0 Å². The Bertz CT molecular complexity index is 1280. The number of benzene rings is 4. The van der Waals surface area contributed by atoms with Crippen molar-refractivity contribution in [2.45, 2.75) is 24.6 Å². The van der Waals surface area contributed by atoms with Crippen molar-refractivity contribution in [3.8, 4) is 0 Å². The van der Waals surface area contributed by atoms with E-state index in [1.165, 1.54) is 22.3 Å². The van der Waals surface area contributed by atoms with Crippen LogP contribution in [0.15, 0.2) is 170 Å². The van der Waals surface area contributed by atoms with Gasteiger partial charge < -0.3 is 30.3 Å². The van der Waals surface area contributed by atoms with Gasteiger partial charge in [-0.3, -0.25) is 0 Å². The number of hydrogen-bond acceptors (Lipinski definition) is 0. The molecule has 0 bridgehead atoms. The molecule has 3 heteroatoms. The second kappa shape index (κ2) is 17.3. The van der Waals surface area contributed by atoms with Crippen LogP contribution >= 0.6 is 15.8 Å². The average molecular weight is 646 g/mol. The summed E-state index contributed by atoms with van der Waals surface area (Å²) in [4.78, 5) is 0. The zero-order valence-corrected chi connectivity index (χ0v) is 27.6. The van der Waals surface area contributed by atoms with Crippen molar-refractivity contribution >= 4 is 26.5 Å². The molecule has 0 N–H and O–H groups in total. The molecule has 0 aliphatic rings. The molecule has 6 aromatic rings. The summed E-state index contributed by atoms with van der Waals surface area (Å²) in [6.07, 6.45) is 4.51. The molecule has 0 amide bonds. The van der Waals surface area contributed by atoms with E-state index in [9.17, 15) is 0 Å². The molecule has 0 fully saturated rings. The van der Waals surface area contributed by atoms with Crippen molar-refractivity contribution in [2.24, 2.45) is 0 Å². The monoisotopic (exact) mass is 644 g/mol. The van der Waals surface area contributed by atoms with E-state index in [4.69, 9.17) is 0 Å². The number of rotatable bonds is 10. The van der Waals surface area contributed by atoms with Crippen LogP contribution in [0.4, 0.5) is 0 Å². The van der Waals surface area contributed by atoms with Gasteiger partial charge in [-0.25, -0.2) is 12.1 Å². The maximum absolute atomic E-state index is 2.43. The fourth-order valence-corrected chi connectivity index (χ4v) is 10.7. The summed E-state index contributed by atoms with van der Waals surface area (Å²) in [5, 5.41) is 3.20. The zero-order chi connectivity index (χ0) is 27.2. The summed E-state index contributed by atoms with van der Waals surface area (Å²) in [6, 6.07) is 61.4. The van der Waals surface area contributed by atoms with E-state index in [2.05, 4.69) is 140 Å². The van der Waals surface area contributed by atoms with Crippen LogP contribution in [0.5, 0.6) is 0 Å². The van der Waals surface area contributed by atoms with E-state index < -0.39 is 0 Å². The van der Waals surface area contributed by atoms with Gasteiger partial charge in [0.2, 0.25) is 0 Å². The van der Waals surface area contributed by atoms with Gasteiger partial charge in [-0.15, -0.1) is 18.5 Å². The summed E-state index contributed by atoms with van der Waals surface area (Å²) in [6.45, 7) is 0. The number of hydrogen-bond donors (Lipinski definition) is 0. The average Bonchev–Trinajstić information content (AvgIpc) is 3.75. The molecular weight excluding hydrogens is 610 g/mol. The summed E-state index contributed by atoms with van der Waals surface area (Å²) < 4.78 is 0. The van der Waals surface area contributed by atoms with Gasteiger partial charge >= 0.3 is 0 Å². The Labute approximate surface area is 267 Å². The quantitative estimate of drug-likeness (QED) is 0.103. The minimum absolute atomic E-state index is 0. The molecule has 0 unspecified atom stereocenters. The molecule has 6 rings (SSSR count). The normalized spacial score (nSPS) is 10.6. The fraction of sp³-hybridized carbons (Fsp3) is 0.105. The third kappa shape index (κ3) is 9.98. The van der Waals surface area contributed by atoms with Crippen molar-refractivity contribution in [3.63, 3.8) is 0 Å². The molecule has 0 radical (unpaired) electrons. The second-order valence-corrected chi connectivity index (χ2v) is 14.3. The first kappa shape index (κ1) is 31.3. The van der Waals surface area contributed by atoms with Crippen LogP contribution in [0.3, 0.4) is 0 Å². The second-order valence-electron chi connectivity index (χ2n) is 9.91. The summed E-state index contributed by atoms with van der Waals surface area (Å²) in [5.41, 5.74) is 5.77. The van der Waals surface area contributed by atoms with Crippen LogP contribution in [0, 0.1) is 0 Å². The largest absolute Gasteiger partial charge is 0.748 e. The standard InChI is InChI=1S/C33H31P2.C5H5.Zr/c1-5-14-28(15-6-1)24-34(25-29-16-7-2-8-17-29)32-22-13-23-33(32)35(26-30-18-9-3-10-19-30)27-31-20-11-4-12-21-31;1-2-4-5-3-1;/h1-23H,24-27H2;1-5H;/q-1;-5;. The van der Waals surface area contributed by atoms with Gasteiger partial charge in [0.15, 0.2) is 0 Å². The Morgan fingerprint density at radius 1 is 0.415 bits per heavy atom. The molecule has 0 atom stereocenters. The molecule has 0 aliphatic heterocycles. The maximum Gasteiger partial charge on any atom is 0 e. The summed E-state index contributed by atoms with van der Waals surface area (Å²) in [5.74, 6) is 0. The smallest absolute Gasteiger partial charge is 0 e. The first-order valence-corrected chi connectivity index (χ1v) is 17.4. The molecule has 208 valence electrons. The van der Waals surface area contributed by atoms with Gasteiger partial charge in [0, 0.05) is 26.2 Å². The van der Waals surface area contributed by atoms with E-state index in [0.717, 1.165) is 24.6 Å². The maximum atomic E-state index is 2.43. The van der Waals surface area contributed by atoms with Crippen LogP contribution < -0.4 is 10.6 Å². The third-order valence-electron chi connectivity index (χ3n) is 6.87. The molecule has 0 saturated heterocycles. The van der Waals surface area contributed by atoms with E-state index in [1.54, 1.807) is 10.6 Å². The van der Waals surface area contributed by atoms with Gasteiger partial charge in [0.05, 0.1) is 0 Å². The Hall–Kier alpha value is -2.68. The van der Waals surface area contributed by atoms with E-state index in [1.807, 2.05) is 30.3 Å². The van der Waals surface area contributed by atoms with Crippen LogP contribution in [0.1, 0.15) is 22.3 Å². The molecule has 0 spiro atoms. The molecule has 0 heterocycles. The molecule has 6 aromatic carbocycles. The molecule has 0 nitrogen and oxygen atoms in total. The molecule has 0 aromatic heterocycles. The third-order valence-corrected chi connectivity index (χ3v) is 12.2. The first-order chi connectivity index (χ1) is 19.8. The predicted molar refractivity (Wildman–Crippen MR) is 178 cm³/mol. The first-order valence-electron chi connectivity index (χ1n) is 13.9. The van der Waals surface area contributed by atoms with Crippen LogP contribution in [0.2, 0.25) is 0 Å². The Kier molecular flexibility index (Phi) is 13.2. The Balaban J connectivity index is 0.000000584. The summed E-state index contributed by atoms with van der Waals surface area (Å²) >= 11 is 0. The predicted octanol–water partition coefficient (Wildman–Crippen LogP) is 9.82. The van der Waals surface area contributed by atoms with Gasteiger partial charge in [-0.1, -0.05) is 129 Å². The van der Waals surface area contributed by atoms with Gasteiger partial charge in [-0.05, 0) is 46.9 Å². The molecule has 0 aliphatic carbocycles. The van der Waals surface area contributed by atoms with Crippen LogP contribution in [0.25, 0.3) is 0 Å². The SMILES string of the molecule is [Zr].[cH-]1[cH-][cH-][cH-][cH-]1.c1ccc(CP(Cc2ccccc2)c2ccc[c-]2P(Cc2ccccc2)Cc2ccccc2)cc1. The van der Waals surface area contributed by atoms with Crippen molar-refractivity contribution in [1.29, 1.82) is 0 Å². The molecule has 41 heavy (non-hydrogen) atoms. The zero-order valence-electron chi connectivity index (χ0n) is 23.4.